The molecular formula is C14H20FNO2S. The van der Waals surface area contributed by atoms with Gasteiger partial charge in [-0.25, -0.2) is 4.39 Å². The van der Waals surface area contributed by atoms with Crippen LogP contribution in [-0.4, -0.2) is 53.9 Å². The number of hydrogen-bond donors (Lipinski definition) is 1. The smallest absolute Gasteiger partial charge is 0.128 e. The number of β-amino-alcohol motifs (C(OH)–C–C–N with tert-alkyl or cyclic N) is 1. The van der Waals surface area contributed by atoms with Crippen molar-refractivity contribution in [2.24, 2.45) is 0 Å². The van der Waals surface area contributed by atoms with Gasteiger partial charge in [-0.15, -0.1) is 0 Å². The molecular weight excluding hydrogens is 265 g/mol. The van der Waals surface area contributed by atoms with Gasteiger partial charge in [0.25, 0.3) is 0 Å². The summed E-state index contributed by atoms with van der Waals surface area (Å²) in [5.74, 6) is 2.00. The first-order chi connectivity index (χ1) is 9.25. The number of aliphatic hydroxyl groups excluding tert-OH is 1. The van der Waals surface area contributed by atoms with E-state index >= 15 is 0 Å². The standard InChI is InChI=1S/C14H20FNO2S/c15-14-4-2-1-3-12(14)10-18-11-13(17)9-16-5-7-19-8-6-16/h1-4,13,17H,5-11H2. The van der Waals surface area contributed by atoms with Gasteiger partial charge < -0.3 is 9.84 Å². The van der Waals surface area contributed by atoms with Gasteiger partial charge in [0.2, 0.25) is 0 Å². The molecule has 5 heteroatoms. The number of hydrogen-bond acceptors (Lipinski definition) is 4. The Morgan fingerprint density at radius 3 is 2.79 bits per heavy atom. The molecule has 1 aromatic carbocycles. The Kier molecular flexibility index (Phi) is 6.10. The van der Waals surface area contributed by atoms with Crippen molar-refractivity contribution in [3.63, 3.8) is 0 Å². The minimum Gasteiger partial charge on any atom is -0.389 e. The highest BCUT2D eigenvalue weighted by atomic mass is 32.2. The lowest BCUT2D eigenvalue weighted by Gasteiger charge is -2.28. The van der Waals surface area contributed by atoms with Crippen LogP contribution >= 0.6 is 11.8 Å². The molecule has 1 aliphatic rings. The molecule has 2 rings (SSSR count). The third-order valence-corrected chi connectivity index (χ3v) is 4.04. The van der Waals surface area contributed by atoms with Crippen molar-refractivity contribution in [2.75, 3.05) is 37.7 Å². The number of thioether (sulfide) groups is 1. The predicted molar refractivity (Wildman–Crippen MR) is 75.8 cm³/mol. The summed E-state index contributed by atoms with van der Waals surface area (Å²) < 4.78 is 18.7. The van der Waals surface area contributed by atoms with E-state index in [0.717, 1.165) is 24.6 Å². The SMILES string of the molecule is OC(COCc1ccccc1F)CN1CCSCC1. The van der Waals surface area contributed by atoms with Gasteiger partial charge in [-0.1, -0.05) is 18.2 Å². The molecule has 1 atom stereocenters. The lowest BCUT2D eigenvalue weighted by molar-refractivity contribution is 0.0106. The molecule has 106 valence electrons. The Balaban J connectivity index is 1.66. The van der Waals surface area contributed by atoms with Crippen molar-refractivity contribution < 1.29 is 14.2 Å². The molecule has 1 heterocycles. The largest absolute Gasteiger partial charge is 0.389 e. The van der Waals surface area contributed by atoms with Gasteiger partial charge in [0.05, 0.1) is 19.3 Å². The van der Waals surface area contributed by atoms with Crippen molar-refractivity contribution in [2.45, 2.75) is 12.7 Å². The minimum atomic E-state index is -0.505. The number of nitrogens with zero attached hydrogens (tertiary/aromatic N) is 1. The fourth-order valence-electron chi connectivity index (χ4n) is 2.05. The molecule has 0 bridgehead atoms. The molecule has 1 aromatic rings. The first-order valence-electron chi connectivity index (χ1n) is 6.55. The minimum absolute atomic E-state index is 0.208. The molecule has 1 unspecified atom stereocenters. The van der Waals surface area contributed by atoms with Crippen LogP contribution in [0.25, 0.3) is 0 Å². The second-order valence-corrected chi connectivity index (χ2v) is 5.90. The van der Waals surface area contributed by atoms with Gasteiger partial charge in [-0.3, -0.25) is 4.90 Å². The Hall–Kier alpha value is -0.620. The summed E-state index contributed by atoms with van der Waals surface area (Å²) in [5, 5.41) is 9.88. The zero-order valence-corrected chi connectivity index (χ0v) is 11.7. The average molecular weight is 285 g/mol. The predicted octanol–water partition coefficient (Wildman–Crippen LogP) is 1.75. The number of rotatable bonds is 6. The third-order valence-electron chi connectivity index (χ3n) is 3.10. The summed E-state index contributed by atoms with van der Waals surface area (Å²) in [6, 6.07) is 6.55. The molecule has 0 saturated carbocycles. The zero-order chi connectivity index (χ0) is 13.5. The van der Waals surface area contributed by atoms with E-state index in [2.05, 4.69) is 4.90 Å². The molecule has 0 amide bonds. The normalized spacial score (nSPS) is 18.4. The van der Waals surface area contributed by atoms with Crippen molar-refractivity contribution in [3.05, 3.63) is 35.6 Å². The number of halogens is 1. The summed E-state index contributed by atoms with van der Waals surface area (Å²) >= 11 is 1.95. The van der Waals surface area contributed by atoms with Crippen LogP contribution in [-0.2, 0) is 11.3 Å². The summed E-state index contributed by atoms with van der Waals surface area (Å²) in [4.78, 5) is 2.24. The van der Waals surface area contributed by atoms with Gasteiger partial charge in [0, 0.05) is 36.7 Å². The Morgan fingerprint density at radius 2 is 2.05 bits per heavy atom. The lowest BCUT2D eigenvalue weighted by Crippen LogP contribution is -2.39. The number of aliphatic hydroxyl groups is 1. The summed E-state index contributed by atoms with van der Waals surface area (Å²) in [5.41, 5.74) is 0.532. The highest BCUT2D eigenvalue weighted by Crippen LogP contribution is 2.10. The highest BCUT2D eigenvalue weighted by Gasteiger charge is 2.14. The van der Waals surface area contributed by atoms with E-state index in [1.54, 1.807) is 18.2 Å². The Bertz CT molecular complexity index is 385. The monoisotopic (exact) mass is 285 g/mol. The maximum absolute atomic E-state index is 13.3. The summed E-state index contributed by atoms with van der Waals surface area (Å²) in [6.07, 6.45) is -0.505. The van der Waals surface area contributed by atoms with E-state index in [1.165, 1.54) is 6.07 Å². The van der Waals surface area contributed by atoms with Gasteiger partial charge in [-0.2, -0.15) is 11.8 Å². The Morgan fingerprint density at radius 1 is 1.32 bits per heavy atom. The quantitative estimate of drug-likeness (QED) is 0.863. The molecule has 0 radical (unpaired) electrons. The highest BCUT2D eigenvalue weighted by molar-refractivity contribution is 7.99. The second kappa shape index (κ2) is 7.85. The van der Waals surface area contributed by atoms with Crippen LogP contribution in [0.5, 0.6) is 0 Å². The number of ether oxygens (including phenoxy) is 1. The van der Waals surface area contributed by atoms with E-state index in [0.29, 0.717) is 12.1 Å². The molecule has 0 aromatic heterocycles. The zero-order valence-electron chi connectivity index (χ0n) is 10.9. The second-order valence-electron chi connectivity index (χ2n) is 4.67. The molecule has 0 aliphatic carbocycles. The lowest BCUT2D eigenvalue weighted by atomic mass is 10.2. The van der Waals surface area contributed by atoms with Crippen molar-refractivity contribution in [3.8, 4) is 0 Å². The molecule has 1 N–H and O–H groups in total. The van der Waals surface area contributed by atoms with E-state index < -0.39 is 6.10 Å². The molecule has 19 heavy (non-hydrogen) atoms. The first-order valence-corrected chi connectivity index (χ1v) is 7.70. The first kappa shape index (κ1) is 14.8. The van der Waals surface area contributed by atoms with Gasteiger partial charge in [0.1, 0.15) is 5.82 Å². The molecule has 1 saturated heterocycles. The molecule has 3 nitrogen and oxygen atoms in total. The van der Waals surface area contributed by atoms with Gasteiger partial charge in [-0.05, 0) is 6.07 Å². The van der Waals surface area contributed by atoms with Gasteiger partial charge >= 0.3 is 0 Å². The van der Waals surface area contributed by atoms with Crippen LogP contribution in [0.4, 0.5) is 4.39 Å². The molecule has 0 spiro atoms. The maximum atomic E-state index is 13.3. The van der Waals surface area contributed by atoms with Crippen molar-refractivity contribution >= 4 is 11.8 Å². The fraction of sp³-hybridized carbons (Fsp3) is 0.571. The summed E-state index contributed by atoms with van der Waals surface area (Å²) in [7, 11) is 0. The Labute approximate surface area is 117 Å². The van der Waals surface area contributed by atoms with Crippen LogP contribution in [0.1, 0.15) is 5.56 Å². The van der Waals surface area contributed by atoms with Crippen LogP contribution in [0.2, 0.25) is 0 Å². The van der Waals surface area contributed by atoms with Crippen LogP contribution in [0.15, 0.2) is 24.3 Å². The molecule has 1 aliphatic heterocycles. The van der Waals surface area contributed by atoms with Gasteiger partial charge in [0.15, 0.2) is 0 Å². The number of benzene rings is 1. The molecule has 1 fully saturated rings. The van der Waals surface area contributed by atoms with E-state index in [4.69, 9.17) is 4.74 Å². The van der Waals surface area contributed by atoms with Crippen molar-refractivity contribution in [1.82, 2.24) is 4.90 Å². The van der Waals surface area contributed by atoms with Crippen LogP contribution in [0.3, 0.4) is 0 Å². The van der Waals surface area contributed by atoms with Crippen LogP contribution < -0.4 is 0 Å². The maximum Gasteiger partial charge on any atom is 0.128 e. The van der Waals surface area contributed by atoms with E-state index in [1.807, 2.05) is 11.8 Å². The van der Waals surface area contributed by atoms with Crippen molar-refractivity contribution in [1.29, 1.82) is 0 Å². The van der Waals surface area contributed by atoms with E-state index in [-0.39, 0.29) is 19.0 Å². The third kappa shape index (κ3) is 5.10. The summed E-state index contributed by atoms with van der Waals surface area (Å²) in [6.45, 7) is 3.14. The van der Waals surface area contributed by atoms with Crippen LogP contribution in [0, 0.1) is 5.82 Å². The topological polar surface area (TPSA) is 32.7 Å². The fourth-order valence-corrected chi connectivity index (χ4v) is 3.03. The van der Waals surface area contributed by atoms with E-state index in [9.17, 15) is 9.50 Å². The average Bonchev–Trinajstić information content (AvgIpc) is 2.42.